The van der Waals surface area contributed by atoms with Gasteiger partial charge in [0.15, 0.2) is 5.69 Å². The van der Waals surface area contributed by atoms with Gasteiger partial charge in [-0.15, -0.1) is 5.10 Å². The molecule has 0 saturated carbocycles. The first kappa shape index (κ1) is 19.1. The smallest absolute Gasteiger partial charge is 0.292 e. The number of nitrogens with one attached hydrogen (secondary N) is 1. The molecule has 0 saturated heterocycles. The van der Waals surface area contributed by atoms with Crippen molar-refractivity contribution in [3.05, 3.63) is 69.4 Å². The molecule has 8 heteroatoms. The third-order valence-corrected chi connectivity index (χ3v) is 5.70. The van der Waals surface area contributed by atoms with E-state index in [1.54, 1.807) is 24.3 Å². The van der Waals surface area contributed by atoms with Gasteiger partial charge in [-0.3, -0.25) is 9.59 Å². The maximum atomic E-state index is 12.9. The molecule has 2 heterocycles. The van der Waals surface area contributed by atoms with Gasteiger partial charge in [0.2, 0.25) is 4.80 Å². The van der Waals surface area contributed by atoms with Crippen molar-refractivity contribution < 1.29 is 4.79 Å². The summed E-state index contributed by atoms with van der Waals surface area (Å²) >= 11 is 1.48. The van der Waals surface area contributed by atoms with Crippen LogP contribution in [-0.4, -0.2) is 20.3 Å². The first-order chi connectivity index (χ1) is 14.0. The second-order valence-corrected chi connectivity index (χ2v) is 8.25. The molecule has 0 aliphatic rings. The minimum Gasteiger partial charge on any atom is -0.318 e. The summed E-state index contributed by atoms with van der Waals surface area (Å²) in [5.41, 5.74) is 3.64. The zero-order valence-electron chi connectivity index (χ0n) is 16.4. The van der Waals surface area contributed by atoms with Crippen LogP contribution < -0.4 is 15.8 Å². The first-order valence-corrected chi connectivity index (χ1v) is 10.2. The Kier molecular flexibility index (Phi) is 5.02. The number of benzene rings is 2. The fourth-order valence-electron chi connectivity index (χ4n) is 3.21. The summed E-state index contributed by atoms with van der Waals surface area (Å²) < 4.78 is 4.37. The monoisotopic (exact) mass is 407 g/mol. The predicted octanol–water partition coefficient (Wildman–Crippen LogP) is 2.85. The average molecular weight is 407 g/mol. The maximum absolute atomic E-state index is 12.9. The zero-order valence-corrected chi connectivity index (χ0v) is 17.2. The largest absolute Gasteiger partial charge is 0.318 e. The van der Waals surface area contributed by atoms with Gasteiger partial charge in [-0.1, -0.05) is 55.5 Å². The molecule has 0 spiro atoms. The number of carbonyl (C=O) groups excluding carboxylic acids is 1. The molecular formula is C21H21N5O2S. The van der Waals surface area contributed by atoms with Crippen LogP contribution in [0.25, 0.3) is 21.0 Å². The summed E-state index contributed by atoms with van der Waals surface area (Å²) in [4.78, 5) is 26.3. The van der Waals surface area contributed by atoms with Gasteiger partial charge in [0.1, 0.15) is 0 Å². The lowest BCUT2D eigenvalue weighted by molar-refractivity contribution is 0.0947. The van der Waals surface area contributed by atoms with Gasteiger partial charge in [0.05, 0.1) is 15.6 Å². The number of fused-ring (bicyclic) bond motifs is 2. The van der Waals surface area contributed by atoms with Crippen LogP contribution in [0, 0.1) is 5.92 Å². The number of rotatable bonds is 4. The van der Waals surface area contributed by atoms with Gasteiger partial charge < -0.3 is 4.57 Å². The molecule has 4 rings (SSSR count). The molecular weight excluding hydrogens is 386 g/mol. The Hall–Kier alpha value is -3.26. The summed E-state index contributed by atoms with van der Waals surface area (Å²) in [6.07, 6.45) is 0. The van der Waals surface area contributed by atoms with E-state index in [4.69, 9.17) is 0 Å². The second kappa shape index (κ2) is 7.63. The summed E-state index contributed by atoms with van der Waals surface area (Å²) in [5.74, 6) is -0.226. The number of para-hydroxylation sites is 1. The van der Waals surface area contributed by atoms with Crippen molar-refractivity contribution in [3.63, 3.8) is 0 Å². The minimum atomic E-state index is -0.448. The highest BCUT2D eigenvalue weighted by Gasteiger charge is 2.17. The SMILES string of the molecule is CC(C)Cn1nc(C(=O)N/N=c2\sc3ccccc3n2C)c2ccccc2c1=O. The van der Waals surface area contributed by atoms with E-state index in [1.165, 1.54) is 16.0 Å². The number of aromatic nitrogens is 3. The van der Waals surface area contributed by atoms with Crippen molar-refractivity contribution in [1.82, 2.24) is 19.8 Å². The van der Waals surface area contributed by atoms with E-state index in [0.717, 1.165) is 10.2 Å². The number of hydrogen-bond acceptors (Lipinski definition) is 5. The van der Waals surface area contributed by atoms with E-state index in [9.17, 15) is 9.59 Å². The van der Waals surface area contributed by atoms with E-state index < -0.39 is 5.91 Å². The molecule has 0 atom stereocenters. The average Bonchev–Trinajstić information content (AvgIpc) is 3.04. The van der Waals surface area contributed by atoms with Gasteiger partial charge in [-0.05, 0) is 24.1 Å². The Labute approximate surface area is 170 Å². The molecule has 0 bridgehead atoms. The molecule has 1 N–H and O–H groups in total. The Bertz CT molecular complexity index is 1350. The second-order valence-electron chi connectivity index (χ2n) is 7.24. The normalized spacial score (nSPS) is 12.2. The molecule has 0 radical (unpaired) electrons. The van der Waals surface area contributed by atoms with Crippen molar-refractivity contribution in [3.8, 4) is 0 Å². The van der Waals surface area contributed by atoms with E-state index in [0.29, 0.717) is 22.1 Å². The van der Waals surface area contributed by atoms with Crippen molar-refractivity contribution in [2.75, 3.05) is 0 Å². The zero-order chi connectivity index (χ0) is 20.5. The van der Waals surface area contributed by atoms with Crippen LogP contribution in [0.3, 0.4) is 0 Å². The van der Waals surface area contributed by atoms with Gasteiger partial charge in [0.25, 0.3) is 11.5 Å². The quantitative estimate of drug-likeness (QED) is 0.528. The van der Waals surface area contributed by atoms with E-state index >= 15 is 0 Å². The number of nitrogens with zero attached hydrogens (tertiary/aromatic N) is 4. The van der Waals surface area contributed by atoms with Gasteiger partial charge in [-0.25, -0.2) is 10.1 Å². The van der Waals surface area contributed by atoms with Crippen molar-refractivity contribution in [2.24, 2.45) is 18.1 Å². The third kappa shape index (κ3) is 3.58. The highest BCUT2D eigenvalue weighted by molar-refractivity contribution is 7.16. The molecule has 148 valence electrons. The van der Waals surface area contributed by atoms with Crippen molar-refractivity contribution in [2.45, 2.75) is 20.4 Å². The Morgan fingerprint density at radius 1 is 1.14 bits per heavy atom. The molecule has 0 fully saturated rings. The molecule has 4 aromatic rings. The van der Waals surface area contributed by atoms with Crippen LogP contribution in [-0.2, 0) is 13.6 Å². The lowest BCUT2D eigenvalue weighted by atomic mass is 10.1. The Balaban J connectivity index is 1.77. The minimum absolute atomic E-state index is 0.188. The highest BCUT2D eigenvalue weighted by Crippen LogP contribution is 2.16. The third-order valence-electron chi connectivity index (χ3n) is 4.59. The number of amides is 1. The summed E-state index contributed by atoms with van der Waals surface area (Å²) in [7, 11) is 1.90. The van der Waals surface area contributed by atoms with Crippen molar-refractivity contribution >= 4 is 38.2 Å². The molecule has 2 aromatic heterocycles. The summed E-state index contributed by atoms with van der Waals surface area (Å²) in [5, 5.41) is 9.63. The summed E-state index contributed by atoms with van der Waals surface area (Å²) in [6.45, 7) is 4.44. The van der Waals surface area contributed by atoms with Crippen LogP contribution in [0.1, 0.15) is 24.3 Å². The molecule has 0 aliphatic heterocycles. The molecule has 7 nitrogen and oxygen atoms in total. The first-order valence-electron chi connectivity index (χ1n) is 9.34. The Morgan fingerprint density at radius 2 is 1.83 bits per heavy atom. The molecule has 0 unspecified atom stereocenters. The fraction of sp³-hybridized carbons (Fsp3) is 0.238. The van der Waals surface area contributed by atoms with Crippen LogP contribution in [0.2, 0.25) is 0 Å². The van der Waals surface area contributed by atoms with Gasteiger partial charge in [-0.2, -0.15) is 5.10 Å². The van der Waals surface area contributed by atoms with Crippen molar-refractivity contribution in [1.29, 1.82) is 0 Å². The highest BCUT2D eigenvalue weighted by atomic mass is 32.1. The molecule has 2 aromatic carbocycles. The lowest BCUT2D eigenvalue weighted by Crippen LogP contribution is -2.31. The fourth-order valence-corrected chi connectivity index (χ4v) is 4.19. The topological polar surface area (TPSA) is 81.3 Å². The van der Waals surface area contributed by atoms with E-state index in [-0.39, 0.29) is 17.2 Å². The molecule has 29 heavy (non-hydrogen) atoms. The van der Waals surface area contributed by atoms with Gasteiger partial charge >= 0.3 is 0 Å². The lowest BCUT2D eigenvalue weighted by Gasteiger charge is -2.11. The maximum Gasteiger partial charge on any atom is 0.292 e. The molecule has 0 aliphatic carbocycles. The number of hydrogen-bond donors (Lipinski definition) is 1. The van der Waals surface area contributed by atoms with E-state index in [1.807, 2.05) is 49.7 Å². The molecule has 1 amide bonds. The Morgan fingerprint density at radius 3 is 2.55 bits per heavy atom. The van der Waals surface area contributed by atoms with Crippen LogP contribution in [0.4, 0.5) is 0 Å². The van der Waals surface area contributed by atoms with E-state index in [2.05, 4.69) is 15.6 Å². The van der Waals surface area contributed by atoms with Crippen LogP contribution in [0.15, 0.2) is 58.4 Å². The number of thiazole rings is 1. The van der Waals surface area contributed by atoms with Crippen LogP contribution in [0.5, 0.6) is 0 Å². The van der Waals surface area contributed by atoms with Crippen LogP contribution >= 0.6 is 11.3 Å². The number of aryl methyl sites for hydroxylation is 1. The number of carbonyl (C=O) groups is 1. The van der Waals surface area contributed by atoms with Gasteiger partial charge in [0, 0.05) is 19.0 Å². The predicted molar refractivity (Wildman–Crippen MR) is 115 cm³/mol. The summed E-state index contributed by atoms with van der Waals surface area (Å²) in [6, 6.07) is 15.0. The standard InChI is InChI=1S/C21H21N5O2S/c1-13(2)12-26-20(28)15-9-5-4-8-14(15)18(24-26)19(27)22-23-21-25(3)16-10-6-7-11-17(16)29-21/h4-11,13H,12H2,1-3H3,(H,22,27)/b23-21-.